The van der Waals surface area contributed by atoms with Crippen molar-refractivity contribution >= 4 is 25.7 Å². The van der Waals surface area contributed by atoms with Crippen molar-refractivity contribution in [2.45, 2.75) is 38.0 Å². The van der Waals surface area contributed by atoms with Gasteiger partial charge in [-0.05, 0) is 30.5 Å². The van der Waals surface area contributed by atoms with Crippen LogP contribution in [0, 0.1) is 0 Å². The summed E-state index contributed by atoms with van der Waals surface area (Å²) in [7, 11) is 1.50. The molecule has 4 nitrogen and oxygen atoms in total. The molecule has 0 atom stereocenters. The number of hydrogen-bond donors (Lipinski definition) is 0. The number of ether oxygens (including phenoxy) is 1. The van der Waals surface area contributed by atoms with Crippen LogP contribution in [-0.4, -0.2) is 21.0 Å². The van der Waals surface area contributed by atoms with E-state index in [0.717, 1.165) is 12.8 Å². The van der Waals surface area contributed by atoms with Crippen LogP contribution in [0.25, 0.3) is 0 Å². The Morgan fingerprint density at radius 1 is 1.32 bits per heavy atom. The fraction of sp³-hybridized carbons (Fsp3) is 0.462. The first-order valence-electron chi connectivity index (χ1n) is 6.14. The van der Waals surface area contributed by atoms with Gasteiger partial charge in [0, 0.05) is 10.7 Å². The zero-order valence-corrected chi connectivity index (χ0v) is 12.6. The van der Waals surface area contributed by atoms with Gasteiger partial charge in [-0.3, -0.25) is 0 Å². The number of unbranched alkanes of at least 4 members (excludes halogenated alkanes) is 1. The van der Waals surface area contributed by atoms with Gasteiger partial charge in [-0.2, -0.15) is 0 Å². The Hall–Kier alpha value is -1.07. The topological polar surface area (TPSA) is 60.4 Å². The number of carbonyl (C=O) groups excluding carboxylic acids is 1. The van der Waals surface area contributed by atoms with Gasteiger partial charge in [-0.25, -0.2) is 13.2 Å². The zero-order valence-electron chi connectivity index (χ0n) is 11.0. The Morgan fingerprint density at radius 2 is 2.00 bits per heavy atom. The first-order chi connectivity index (χ1) is 8.90. The highest BCUT2D eigenvalue weighted by Crippen LogP contribution is 2.22. The third kappa shape index (κ3) is 4.51. The van der Waals surface area contributed by atoms with Crippen LogP contribution in [0.3, 0.4) is 0 Å². The van der Waals surface area contributed by atoms with Crippen molar-refractivity contribution in [1.29, 1.82) is 0 Å². The third-order valence-electron chi connectivity index (χ3n) is 2.68. The smallest absolute Gasteiger partial charge is 0.338 e. The normalized spacial score (nSPS) is 11.3. The second-order valence-corrected chi connectivity index (χ2v) is 6.64. The summed E-state index contributed by atoms with van der Waals surface area (Å²) in [5, 5.41) is 0. The highest BCUT2D eigenvalue weighted by atomic mass is 35.7. The minimum atomic E-state index is -3.86. The average Bonchev–Trinajstić information content (AvgIpc) is 2.37. The van der Waals surface area contributed by atoms with E-state index in [-0.39, 0.29) is 10.5 Å². The summed E-state index contributed by atoms with van der Waals surface area (Å²) in [5.41, 5.74) is 0.785. The van der Waals surface area contributed by atoms with E-state index in [0.29, 0.717) is 18.6 Å². The van der Waals surface area contributed by atoms with Gasteiger partial charge in [0.15, 0.2) is 0 Å². The molecule has 0 aromatic heterocycles. The largest absolute Gasteiger partial charge is 0.462 e. The van der Waals surface area contributed by atoms with Crippen LogP contribution in [0.15, 0.2) is 23.1 Å². The average molecular weight is 305 g/mol. The molecule has 0 unspecified atom stereocenters. The highest BCUT2D eigenvalue weighted by molar-refractivity contribution is 8.13. The molecule has 0 fully saturated rings. The summed E-state index contributed by atoms with van der Waals surface area (Å²) in [4.78, 5) is 11.7. The summed E-state index contributed by atoms with van der Waals surface area (Å²) >= 11 is 0. The van der Waals surface area contributed by atoms with Gasteiger partial charge in [-0.15, -0.1) is 0 Å². The Labute approximate surface area is 118 Å². The number of benzene rings is 1. The monoisotopic (exact) mass is 304 g/mol. The summed E-state index contributed by atoms with van der Waals surface area (Å²) in [5.74, 6) is -0.530. The molecule has 1 aromatic rings. The number of esters is 1. The number of halogens is 1. The molecule has 0 spiro atoms. The molecule has 19 heavy (non-hydrogen) atoms. The molecule has 0 aliphatic rings. The Kier molecular flexibility index (Phi) is 5.82. The first kappa shape index (κ1) is 16.0. The zero-order chi connectivity index (χ0) is 14.5. The van der Waals surface area contributed by atoms with Gasteiger partial charge in [0.2, 0.25) is 0 Å². The number of rotatable bonds is 6. The van der Waals surface area contributed by atoms with Crippen molar-refractivity contribution in [3.05, 3.63) is 29.3 Å². The van der Waals surface area contributed by atoms with E-state index in [9.17, 15) is 13.2 Å². The quantitative estimate of drug-likeness (QED) is 0.460. The molecule has 0 N–H and O–H groups in total. The lowest BCUT2D eigenvalue weighted by Crippen LogP contribution is -2.08. The third-order valence-corrected chi connectivity index (χ3v) is 4.08. The number of carbonyl (C=O) groups is 1. The molecule has 0 heterocycles. The molecule has 0 aliphatic heterocycles. The van der Waals surface area contributed by atoms with E-state index >= 15 is 0 Å². The molecular formula is C13H17ClO4S. The molecule has 0 saturated heterocycles. The number of hydrogen-bond acceptors (Lipinski definition) is 4. The Balaban J connectivity index is 3.02. The van der Waals surface area contributed by atoms with Crippen LogP contribution in [0.1, 0.15) is 42.6 Å². The predicted octanol–water partition coefficient (Wildman–Crippen LogP) is 3.13. The number of aryl methyl sites for hydroxylation is 1. The molecule has 0 saturated carbocycles. The van der Waals surface area contributed by atoms with Crippen LogP contribution >= 0.6 is 10.7 Å². The summed E-state index contributed by atoms with van der Waals surface area (Å²) < 4.78 is 28.0. The molecule has 106 valence electrons. The highest BCUT2D eigenvalue weighted by Gasteiger charge is 2.18. The van der Waals surface area contributed by atoms with E-state index in [2.05, 4.69) is 0 Å². The van der Waals surface area contributed by atoms with Crippen molar-refractivity contribution in [2.24, 2.45) is 0 Å². The van der Waals surface area contributed by atoms with Gasteiger partial charge in [0.05, 0.1) is 17.1 Å². The minimum Gasteiger partial charge on any atom is -0.462 e. The van der Waals surface area contributed by atoms with Crippen molar-refractivity contribution in [3.8, 4) is 0 Å². The van der Waals surface area contributed by atoms with Gasteiger partial charge < -0.3 is 4.74 Å². The summed E-state index contributed by atoms with van der Waals surface area (Å²) in [6, 6.07) is 4.42. The molecular weight excluding hydrogens is 288 g/mol. The fourth-order valence-electron chi connectivity index (χ4n) is 1.59. The van der Waals surface area contributed by atoms with Crippen LogP contribution in [0.5, 0.6) is 0 Å². The Bertz CT molecular complexity index is 552. The van der Waals surface area contributed by atoms with Gasteiger partial charge in [-0.1, -0.05) is 26.3 Å². The predicted molar refractivity (Wildman–Crippen MR) is 74.0 cm³/mol. The lowest BCUT2D eigenvalue weighted by Gasteiger charge is -2.08. The molecule has 0 radical (unpaired) electrons. The van der Waals surface area contributed by atoms with E-state index in [4.69, 9.17) is 15.4 Å². The van der Waals surface area contributed by atoms with E-state index in [1.165, 1.54) is 6.07 Å². The lowest BCUT2D eigenvalue weighted by molar-refractivity contribution is 0.0499. The molecule has 0 amide bonds. The van der Waals surface area contributed by atoms with Crippen molar-refractivity contribution in [2.75, 3.05) is 6.61 Å². The summed E-state index contributed by atoms with van der Waals surface area (Å²) in [6.07, 6.45) is 2.22. The van der Waals surface area contributed by atoms with Crippen LogP contribution in [0.2, 0.25) is 0 Å². The molecule has 1 rings (SSSR count). The summed E-state index contributed by atoms with van der Waals surface area (Å²) in [6.45, 7) is 4.13. The van der Waals surface area contributed by atoms with Crippen LogP contribution < -0.4 is 0 Å². The van der Waals surface area contributed by atoms with Gasteiger partial charge in [0.1, 0.15) is 0 Å². The lowest BCUT2D eigenvalue weighted by atomic mass is 10.1. The molecule has 0 aliphatic carbocycles. The fourth-order valence-corrected chi connectivity index (χ4v) is 2.82. The molecule has 6 heteroatoms. The van der Waals surface area contributed by atoms with Gasteiger partial charge >= 0.3 is 5.97 Å². The van der Waals surface area contributed by atoms with Crippen LogP contribution in [-0.2, 0) is 20.2 Å². The molecule has 1 aromatic carbocycles. The van der Waals surface area contributed by atoms with Crippen molar-refractivity contribution in [3.63, 3.8) is 0 Å². The maximum Gasteiger partial charge on any atom is 0.338 e. The van der Waals surface area contributed by atoms with Crippen molar-refractivity contribution in [1.82, 2.24) is 0 Å². The van der Waals surface area contributed by atoms with Crippen molar-refractivity contribution < 1.29 is 17.9 Å². The maximum atomic E-state index is 11.7. The second-order valence-electron chi connectivity index (χ2n) is 4.10. The SMILES string of the molecule is CCCCOC(=O)c1ccc(CC)c(S(=O)(=O)Cl)c1. The van der Waals surface area contributed by atoms with Gasteiger partial charge in [0.25, 0.3) is 9.05 Å². The minimum absolute atomic E-state index is 0.0263. The van der Waals surface area contributed by atoms with E-state index in [1.54, 1.807) is 12.1 Å². The van der Waals surface area contributed by atoms with Crippen LogP contribution in [0.4, 0.5) is 0 Å². The van der Waals surface area contributed by atoms with E-state index in [1.807, 2.05) is 13.8 Å². The molecule has 0 bridgehead atoms. The second kappa shape index (κ2) is 6.91. The maximum absolute atomic E-state index is 11.7. The first-order valence-corrected chi connectivity index (χ1v) is 8.45. The van der Waals surface area contributed by atoms with E-state index < -0.39 is 15.0 Å². The Morgan fingerprint density at radius 3 is 2.53 bits per heavy atom. The standard InChI is InChI=1S/C13H17ClO4S/c1-3-5-8-18-13(15)11-7-6-10(4-2)12(9-11)19(14,16)17/h6-7,9H,3-5,8H2,1-2H3.